The molecule has 12 nitrogen and oxygen atoms in total. The van der Waals surface area contributed by atoms with E-state index in [4.69, 9.17) is 0 Å². The van der Waals surface area contributed by atoms with Crippen LogP contribution in [0.25, 0.3) is 0 Å². The van der Waals surface area contributed by atoms with Crippen LogP contribution in [0.3, 0.4) is 0 Å². The summed E-state index contributed by atoms with van der Waals surface area (Å²) in [6.45, 7) is 10.5. The molecule has 1 aliphatic heterocycles. The van der Waals surface area contributed by atoms with Gasteiger partial charge >= 0.3 is 6.03 Å². The molecule has 260 valence electrons. The van der Waals surface area contributed by atoms with E-state index in [0.717, 1.165) is 51.6 Å². The van der Waals surface area contributed by atoms with Gasteiger partial charge in [0.05, 0.1) is 17.4 Å². The second-order valence-electron chi connectivity index (χ2n) is 13.3. The summed E-state index contributed by atoms with van der Waals surface area (Å²) in [4.78, 5) is 44.1. The Labute approximate surface area is 277 Å². The monoisotopic (exact) mass is 656 g/mol. The minimum Gasteiger partial charge on any atom is -0.373 e. The van der Waals surface area contributed by atoms with Gasteiger partial charge in [0.25, 0.3) is 0 Å². The summed E-state index contributed by atoms with van der Waals surface area (Å²) in [7, 11) is 2.00. The van der Waals surface area contributed by atoms with E-state index in [1.54, 1.807) is 34.8 Å². The Morgan fingerprint density at radius 2 is 1.68 bits per heavy atom. The molecule has 1 aromatic heterocycles. The van der Waals surface area contributed by atoms with E-state index >= 15 is 4.39 Å². The Bertz CT molecular complexity index is 1340. The lowest BCUT2D eigenvalue weighted by Gasteiger charge is -2.36. The van der Waals surface area contributed by atoms with Crippen molar-refractivity contribution in [3.63, 3.8) is 0 Å². The van der Waals surface area contributed by atoms with Crippen molar-refractivity contribution in [3.8, 4) is 0 Å². The number of likely N-dealkylation sites (N-methyl/N-ethyl adjacent to an activating group) is 1. The molecule has 1 aromatic carbocycles. The highest BCUT2D eigenvalue weighted by Crippen LogP contribution is 2.29. The number of rotatable bonds is 12. The largest absolute Gasteiger partial charge is 0.373 e. The van der Waals surface area contributed by atoms with E-state index in [-0.39, 0.29) is 23.6 Å². The molecule has 1 aliphatic carbocycles. The van der Waals surface area contributed by atoms with E-state index in [9.17, 15) is 19.5 Å². The van der Waals surface area contributed by atoms with Gasteiger partial charge in [0, 0.05) is 50.9 Å². The van der Waals surface area contributed by atoms with Crippen LogP contribution in [0.2, 0.25) is 0 Å². The van der Waals surface area contributed by atoms with E-state index in [1.165, 1.54) is 12.1 Å². The first kappa shape index (κ1) is 36.3. The van der Waals surface area contributed by atoms with Crippen molar-refractivity contribution in [2.45, 2.75) is 103 Å². The highest BCUT2D eigenvalue weighted by atomic mass is 19.1. The lowest BCUT2D eigenvalue weighted by atomic mass is 9.90. The molecule has 47 heavy (non-hydrogen) atoms. The molecular formula is C34H53FN8O4. The molecule has 0 bridgehead atoms. The Hall–Kier alpha value is -3.55. The summed E-state index contributed by atoms with van der Waals surface area (Å²) in [5.74, 6) is -1.88. The summed E-state index contributed by atoms with van der Waals surface area (Å²) >= 11 is 0. The molecule has 0 spiro atoms. The fourth-order valence-electron chi connectivity index (χ4n) is 6.55. The quantitative estimate of drug-likeness (QED) is 0.174. The summed E-state index contributed by atoms with van der Waals surface area (Å²) in [6.07, 6.45) is 6.28. The summed E-state index contributed by atoms with van der Waals surface area (Å²) in [6, 6.07) is 3.94. The highest BCUT2D eigenvalue weighted by Gasteiger charge is 2.35. The standard InChI is InChI=1S/C34H53FN8O4/c1-6-43-28(15-16-36-43)31(44)39-30(24-11-9-7-8-10-12-24)32(45)38-27-14-13-25(21-26(27)35)23(4)29(40-34(47)37-22(2)3)33(46)42-19-17-41(5)18-20-42/h13-16,21-24,29-31,39,44H,6-12,17-20H2,1-5H3,(H,38,45)(H2,37,40,47)/t23-,29+,30-,31?/m0/s1. The van der Waals surface area contributed by atoms with E-state index < -0.39 is 42.0 Å². The van der Waals surface area contributed by atoms with Gasteiger partial charge in [-0.05, 0) is 70.3 Å². The van der Waals surface area contributed by atoms with Gasteiger partial charge in [0.2, 0.25) is 11.8 Å². The van der Waals surface area contributed by atoms with Crippen LogP contribution in [0.4, 0.5) is 14.9 Å². The number of carbonyl (C=O) groups is 3. The Balaban J connectivity index is 1.53. The van der Waals surface area contributed by atoms with Crippen LogP contribution in [-0.4, -0.2) is 93.9 Å². The van der Waals surface area contributed by atoms with Crippen LogP contribution < -0.4 is 21.3 Å². The molecule has 2 fully saturated rings. The number of hydrogen-bond acceptors (Lipinski definition) is 7. The van der Waals surface area contributed by atoms with Gasteiger partial charge in [0.1, 0.15) is 18.1 Å². The van der Waals surface area contributed by atoms with Crippen molar-refractivity contribution in [2.24, 2.45) is 5.92 Å². The molecule has 1 unspecified atom stereocenters. The van der Waals surface area contributed by atoms with Gasteiger partial charge in [-0.15, -0.1) is 0 Å². The van der Waals surface area contributed by atoms with Gasteiger partial charge in [-0.2, -0.15) is 5.10 Å². The first-order valence-corrected chi connectivity index (χ1v) is 17.1. The third-order valence-corrected chi connectivity index (χ3v) is 9.38. The Morgan fingerprint density at radius 1 is 1.00 bits per heavy atom. The van der Waals surface area contributed by atoms with Crippen LogP contribution in [0.5, 0.6) is 0 Å². The van der Waals surface area contributed by atoms with Gasteiger partial charge < -0.3 is 30.9 Å². The Kier molecular flexibility index (Phi) is 13.1. The van der Waals surface area contributed by atoms with Crippen molar-refractivity contribution < 1.29 is 23.9 Å². The number of anilines is 1. The molecule has 1 saturated carbocycles. The SMILES string of the molecule is CCn1nccc1C(O)N[C@H](C(=O)Nc1ccc([C@H](C)[C@@H](NC(=O)NC(C)C)C(=O)N2CCN(C)CC2)cc1F)C1CCCCCC1. The summed E-state index contributed by atoms with van der Waals surface area (Å²) < 4.78 is 17.4. The number of aliphatic hydroxyl groups is 1. The summed E-state index contributed by atoms with van der Waals surface area (Å²) in [5, 5.41) is 26.8. The second-order valence-corrected chi connectivity index (χ2v) is 13.3. The molecule has 4 amide bonds. The predicted octanol–water partition coefficient (Wildman–Crippen LogP) is 3.55. The van der Waals surface area contributed by atoms with Crippen molar-refractivity contribution in [2.75, 3.05) is 38.5 Å². The average Bonchev–Trinajstić information content (AvgIpc) is 3.37. The Morgan fingerprint density at radius 3 is 2.30 bits per heavy atom. The zero-order valence-corrected chi connectivity index (χ0v) is 28.5. The van der Waals surface area contributed by atoms with Crippen LogP contribution >= 0.6 is 0 Å². The smallest absolute Gasteiger partial charge is 0.315 e. The molecule has 4 atom stereocenters. The highest BCUT2D eigenvalue weighted by molar-refractivity contribution is 5.95. The first-order chi connectivity index (χ1) is 22.5. The molecule has 5 N–H and O–H groups in total. The van der Waals surface area contributed by atoms with Gasteiger partial charge in [0.15, 0.2) is 0 Å². The number of halogens is 1. The van der Waals surface area contributed by atoms with Crippen LogP contribution in [0, 0.1) is 11.7 Å². The fourth-order valence-corrected chi connectivity index (χ4v) is 6.55. The van der Waals surface area contributed by atoms with Crippen molar-refractivity contribution in [3.05, 3.63) is 47.5 Å². The normalized spacial score (nSPS) is 19.0. The fraction of sp³-hybridized carbons (Fsp3) is 0.647. The van der Waals surface area contributed by atoms with E-state index in [0.29, 0.717) is 30.9 Å². The molecular weight excluding hydrogens is 603 g/mol. The van der Waals surface area contributed by atoms with E-state index in [2.05, 4.69) is 31.3 Å². The zero-order valence-electron chi connectivity index (χ0n) is 28.5. The molecule has 4 rings (SSSR count). The number of aliphatic hydroxyl groups excluding tert-OH is 1. The number of nitrogens with zero attached hydrogens (tertiary/aromatic N) is 4. The van der Waals surface area contributed by atoms with Crippen LogP contribution in [-0.2, 0) is 16.1 Å². The minimum atomic E-state index is -1.13. The van der Waals surface area contributed by atoms with Crippen molar-refractivity contribution in [1.29, 1.82) is 0 Å². The van der Waals surface area contributed by atoms with Crippen molar-refractivity contribution in [1.82, 2.24) is 35.5 Å². The molecule has 2 heterocycles. The zero-order chi connectivity index (χ0) is 34.1. The number of aromatic nitrogens is 2. The third-order valence-electron chi connectivity index (χ3n) is 9.38. The van der Waals surface area contributed by atoms with Gasteiger partial charge in [-0.3, -0.25) is 19.6 Å². The average molecular weight is 657 g/mol. The number of urea groups is 1. The molecule has 13 heteroatoms. The van der Waals surface area contributed by atoms with E-state index in [1.807, 2.05) is 27.8 Å². The molecule has 2 aromatic rings. The topological polar surface area (TPSA) is 144 Å². The lowest BCUT2D eigenvalue weighted by molar-refractivity contribution is -0.135. The first-order valence-electron chi connectivity index (χ1n) is 17.1. The third kappa shape index (κ3) is 9.74. The number of aryl methyl sites for hydroxylation is 1. The number of carbonyl (C=O) groups excluding carboxylic acids is 3. The summed E-state index contributed by atoms with van der Waals surface area (Å²) in [5.41, 5.74) is 1.08. The number of piperazine rings is 1. The van der Waals surface area contributed by atoms with Crippen LogP contribution in [0.1, 0.15) is 89.6 Å². The predicted molar refractivity (Wildman–Crippen MR) is 179 cm³/mol. The maximum absolute atomic E-state index is 15.7. The lowest BCUT2D eigenvalue weighted by Crippen LogP contribution is -2.57. The molecule has 1 saturated heterocycles. The van der Waals surface area contributed by atoms with Crippen LogP contribution in [0.15, 0.2) is 30.5 Å². The van der Waals surface area contributed by atoms with Gasteiger partial charge in [-0.1, -0.05) is 38.7 Å². The molecule has 2 aliphatic rings. The number of hydrogen-bond donors (Lipinski definition) is 5. The van der Waals surface area contributed by atoms with Gasteiger partial charge in [-0.25, -0.2) is 9.18 Å². The second kappa shape index (κ2) is 17.0. The van der Waals surface area contributed by atoms with Crippen molar-refractivity contribution >= 4 is 23.5 Å². The minimum absolute atomic E-state index is 0.00640. The molecule has 0 radical (unpaired) electrons. The number of nitrogens with one attached hydrogen (secondary N) is 4. The number of amides is 4. The number of benzene rings is 1. The maximum Gasteiger partial charge on any atom is 0.315 e. The maximum atomic E-state index is 15.7.